The summed E-state index contributed by atoms with van der Waals surface area (Å²) in [7, 11) is 1.92. The van der Waals surface area contributed by atoms with Crippen LogP contribution in [0, 0.1) is 5.82 Å². The van der Waals surface area contributed by atoms with E-state index in [-0.39, 0.29) is 11.9 Å². The minimum Gasteiger partial charge on any atom is -0.329 e. The minimum atomic E-state index is -0.332. The van der Waals surface area contributed by atoms with E-state index in [1.165, 1.54) is 6.07 Å². The van der Waals surface area contributed by atoms with Crippen LogP contribution >= 0.6 is 23.2 Å². The van der Waals surface area contributed by atoms with E-state index < -0.39 is 0 Å². The van der Waals surface area contributed by atoms with E-state index >= 15 is 0 Å². The van der Waals surface area contributed by atoms with Crippen LogP contribution in [0.5, 0.6) is 0 Å². The van der Waals surface area contributed by atoms with Crippen molar-refractivity contribution in [1.82, 2.24) is 4.90 Å². The molecule has 2 aromatic carbocycles. The largest absolute Gasteiger partial charge is 0.329 e. The molecule has 0 fully saturated rings. The van der Waals surface area contributed by atoms with Crippen molar-refractivity contribution in [3.8, 4) is 0 Å². The van der Waals surface area contributed by atoms with Crippen molar-refractivity contribution in [2.45, 2.75) is 12.6 Å². The highest BCUT2D eigenvalue weighted by atomic mass is 35.5. The lowest BCUT2D eigenvalue weighted by molar-refractivity contribution is 0.237. The van der Waals surface area contributed by atoms with Gasteiger partial charge in [-0.05, 0) is 36.9 Å². The van der Waals surface area contributed by atoms with Gasteiger partial charge in [0.1, 0.15) is 5.82 Å². The monoisotopic (exact) mass is 326 g/mol. The first-order valence-corrected chi connectivity index (χ1v) is 7.36. The molecule has 0 bridgehead atoms. The lowest BCUT2D eigenvalue weighted by Crippen LogP contribution is -2.30. The molecule has 0 saturated heterocycles. The molecule has 0 amide bonds. The molecule has 5 heteroatoms. The van der Waals surface area contributed by atoms with Crippen LogP contribution in [-0.2, 0) is 6.54 Å². The summed E-state index contributed by atoms with van der Waals surface area (Å²) in [6.07, 6.45) is 0. The molecule has 1 unspecified atom stereocenters. The van der Waals surface area contributed by atoms with E-state index in [1.807, 2.05) is 36.2 Å². The molecule has 0 aromatic heterocycles. The normalized spacial score (nSPS) is 12.7. The second kappa shape index (κ2) is 7.23. The SMILES string of the molecule is CN(Cc1ccc(Cl)cc1)C(CN)c1ccc(Cl)cc1F. The lowest BCUT2D eigenvalue weighted by atomic mass is 10.0. The van der Waals surface area contributed by atoms with E-state index in [0.29, 0.717) is 28.7 Å². The van der Waals surface area contributed by atoms with Crippen LogP contribution in [-0.4, -0.2) is 18.5 Å². The number of hydrogen-bond acceptors (Lipinski definition) is 2. The van der Waals surface area contributed by atoms with Crippen molar-refractivity contribution in [2.75, 3.05) is 13.6 Å². The van der Waals surface area contributed by atoms with Gasteiger partial charge in [-0.3, -0.25) is 4.90 Å². The second-order valence-corrected chi connectivity index (χ2v) is 5.83. The average Bonchev–Trinajstić information content (AvgIpc) is 2.44. The van der Waals surface area contributed by atoms with Gasteiger partial charge in [0.05, 0.1) is 0 Å². The summed E-state index contributed by atoms with van der Waals surface area (Å²) >= 11 is 11.7. The predicted molar refractivity (Wildman–Crippen MR) is 86.1 cm³/mol. The third-order valence-electron chi connectivity index (χ3n) is 3.42. The highest BCUT2D eigenvalue weighted by molar-refractivity contribution is 6.30. The molecule has 0 aliphatic carbocycles. The summed E-state index contributed by atoms with van der Waals surface area (Å²) in [6.45, 7) is 0.976. The zero-order valence-electron chi connectivity index (χ0n) is 11.7. The van der Waals surface area contributed by atoms with Gasteiger partial charge in [-0.2, -0.15) is 0 Å². The first-order valence-electron chi connectivity index (χ1n) is 6.61. The van der Waals surface area contributed by atoms with Crippen LogP contribution in [0.4, 0.5) is 4.39 Å². The van der Waals surface area contributed by atoms with Gasteiger partial charge in [0.2, 0.25) is 0 Å². The Hall–Kier alpha value is -1.13. The molecule has 2 aromatic rings. The Morgan fingerprint density at radius 1 is 1.10 bits per heavy atom. The smallest absolute Gasteiger partial charge is 0.129 e. The average molecular weight is 327 g/mol. The standard InChI is InChI=1S/C16H17Cl2FN2/c1-21(10-11-2-4-12(17)5-3-11)16(9-20)14-7-6-13(18)8-15(14)19/h2-8,16H,9-10,20H2,1H3. The third-order valence-corrected chi connectivity index (χ3v) is 3.91. The maximum Gasteiger partial charge on any atom is 0.129 e. The summed E-state index contributed by atoms with van der Waals surface area (Å²) in [6, 6.07) is 12.0. The molecule has 0 radical (unpaired) electrons. The number of nitrogens with two attached hydrogens (primary N) is 1. The van der Waals surface area contributed by atoms with Crippen molar-refractivity contribution in [1.29, 1.82) is 0 Å². The van der Waals surface area contributed by atoms with Crippen LogP contribution < -0.4 is 5.73 Å². The number of benzene rings is 2. The Labute approximate surface area is 134 Å². The van der Waals surface area contributed by atoms with Gasteiger partial charge >= 0.3 is 0 Å². The molecule has 2 rings (SSSR count). The molecular formula is C16H17Cl2FN2. The fourth-order valence-corrected chi connectivity index (χ4v) is 2.59. The Kier molecular flexibility index (Phi) is 5.59. The maximum absolute atomic E-state index is 14.1. The van der Waals surface area contributed by atoms with Crippen LogP contribution in [0.2, 0.25) is 10.0 Å². The Morgan fingerprint density at radius 2 is 1.71 bits per heavy atom. The summed E-state index contributed by atoms with van der Waals surface area (Å²) in [5.74, 6) is -0.332. The first-order chi connectivity index (χ1) is 10.0. The molecule has 21 heavy (non-hydrogen) atoms. The minimum absolute atomic E-state index is 0.210. The molecule has 0 spiro atoms. The third kappa shape index (κ3) is 4.17. The number of halogens is 3. The molecule has 0 aliphatic rings. The van der Waals surface area contributed by atoms with Crippen molar-refractivity contribution < 1.29 is 4.39 Å². The molecule has 0 saturated carbocycles. The second-order valence-electron chi connectivity index (χ2n) is 4.96. The Morgan fingerprint density at radius 3 is 2.29 bits per heavy atom. The van der Waals surface area contributed by atoms with Crippen molar-refractivity contribution >= 4 is 23.2 Å². The quantitative estimate of drug-likeness (QED) is 0.889. The maximum atomic E-state index is 14.1. The molecule has 0 heterocycles. The zero-order valence-corrected chi connectivity index (χ0v) is 13.2. The zero-order chi connectivity index (χ0) is 15.4. The highest BCUT2D eigenvalue weighted by Gasteiger charge is 2.19. The number of rotatable bonds is 5. The van der Waals surface area contributed by atoms with Crippen LogP contribution in [0.15, 0.2) is 42.5 Å². The van der Waals surface area contributed by atoms with E-state index in [4.69, 9.17) is 28.9 Å². The molecule has 0 aliphatic heterocycles. The van der Waals surface area contributed by atoms with E-state index in [9.17, 15) is 4.39 Å². The van der Waals surface area contributed by atoms with Crippen LogP contribution in [0.3, 0.4) is 0 Å². The molecular weight excluding hydrogens is 310 g/mol. The van der Waals surface area contributed by atoms with E-state index in [1.54, 1.807) is 12.1 Å². The highest BCUT2D eigenvalue weighted by Crippen LogP contribution is 2.25. The van der Waals surface area contributed by atoms with Crippen LogP contribution in [0.1, 0.15) is 17.2 Å². The number of nitrogens with zero attached hydrogens (tertiary/aromatic N) is 1. The molecule has 2 N–H and O–H groups in total. The summed E-state index contributed by atoms with van der Waals surface area (Å²) in [5.41, 5.74) is 7.47. The fourth-order valence-electron chi connectivity index (χ4n) is 2.30. The van der Waals surface area contributed by atoms with Gasteiger partial charge in [-0.25, -0.2) is 4.39 Å². The summed E-state index contributed by atoms with van der Waals surface area (Å²) in [4.78, 5) is 2.01. The molecule has 112 valence electrons. The Bertz CT molecular complexity index is 602. The van der Waals surface area contributed by atoms with Gasteiger partial charge in [0.25, 0.3) is 0 Å². The Balaban J connectivity index is 2.18. The predicted octanol–water partition coefficient (Wildman–Crippen LogP) is 4.26. The summed E-state index contributed by atoms with van der Waals surface area (Å²) in [5, 5.41) is 1.08. The van der Waals surface area contributed by atoms with Gasteiger partial charge < -0.3 is 5.73 Å². The lowest BCUT2D eigenvalue weighted by Gasteiger charge is -2.27. The van der Waals surface area contributed by atoms with E-state index in [2.05, 4.69) is 0 Å². The summed E-state index contributed by atoms with van der Waals surface area (Å²) < 4.78 is 14.1. The van der Waals surface area contributed by atoms with Gasteiger partial charge in [-0.1, -0.05) is 41.4 Å². The van der Waals surface area contributed by atoms with Crippen LogP contribution in [0.25, 0.3) is 0 Å². The number of likely N-dealkylation sites (N-methyl/N-ethyl adjacent to an activating group) is 1. The molecule has 2 nitrogen and oxygen atoms in total. The van der Waals surface area contributed by atoms with Gasteiger partial charge in [0, 0.05) is 34.7 Å². The van der Waals surface area contributed by atoms with Gasteiger partial charge in [-0.15, -0.1) is 0 Å². The van der Waals surface area contributed by atoms with E-state index in [0.717, 1.165) is 5.56 Å². The van der Waals surface area contributed by atoms with Gasteiger partial charge in [0.15, 0.2) is 0 Å². The van der Waals surface area contributed by atoms with Crippen molar-refractivity contribution in [3.63, 3.8) is 0 Å². The number of hydrogen-bond donors (Lipinski definition) is 1. The topological polar surface area (TPSA) is 29.3 Å². The fraction of sp³-hybridized carbons (Fsp3) is 0.250. The van der Waals surface area contributed by atoms with Crippen molar-refractivity contribution in [3.05, 3.63) is 69.5 Å². The first kappa shape index (κ1) is 16.2. The van der Waals surface area contributed by atoms with Crippen molar-refractivity contribution in [2.24, 2.45) is 5.73 Å². The molecule has 1 atom stereocenters.